The molecule has 0 aromatic heterocycles. The highest BCUT2D eigenvalue weighted by atomic mass is 32.2. The smallest absolute Gasteiger partial charge is 0.247 e. The van der Waals surface area contributed by atoms with Crippen molar-refractivity contribution in [2.45, 2.75) is 56.6 Å². The maximum absolute atomic E-state index is 13.3. The van der Waals surface area contributed by atoms with Gasteiger partial charge in [-0.15, -0.1) is 0 Å². The molecule has 0 spiro atoms. The van der Waals surface area contributed by atoms with E-state index in [1.54, 1.807) is 25.1 Å². The van der Waals surface area contributed by atoms with E-state index in [2.05, 4.69) is 17.2 Å². The maximum atomic E-state index is 13.3. The molecule has 1 aromatic rings. The molecule has 0 amide bonds. The average Bonchev–Trinajstić information content (AvgIpc) is 3.22. The van der Waals surface area contributed by atoms with Gasteiger partial charge in [-0.2, -0.15) is 4.31 Å². The SMILES string of the molecule is CNC[C@@H]1Oc2cc(C#CC3CCCC3)ccc2S(=O)(=O)N([C@H](C)CO)C[C@H]1C. The molecule has 29 heavy (non-hydrogen) atoms. The third-order valence-corrected chi connectivity index (χ3v) is 7.87. The van der Waals surface area contributed by atoms with Crippen molar-refractivity contribution in [2.24, 2.45) is 11.8 Å². The molecule has 1 aromatic carbocycles. The Morgan fingerprint density at radius 1 is 1.34 bits per heavy atom. The summed E-state index contributed by atoms with van der Waals surface area (Å²) in [5.41, 5.74) is 0.768. The van der Waals surface area contributed by atoms with Crippen molar-refractivity contribution in [1.82, 2.24) is 9.62 Å². The highest BCUT2D eigenvalue weighted by molar-refractivity contribution is 7.89. The Balaban J connectivity index is 2.03. The highest BCUT2D eigenvalue weighted by Crippen LogP contribution is 2.34. The Bertz CT molecular complexity index is 869. The van der Waals surface area contributed by atoms with E-state index in [9.17, 15) is 13.5 Å². The lowest BCUT2D eigenvalue weighted by molar-refractivity contribution is 0.103. The predicted molar refractivity (Wildman–Crippen MR) is 113 cm³/mol. The molecule has 1 aliphatic heterocycles. The quantitative estimate of drug-likeness (QED) is 0.731. The molecule has 2 aliphatic rings. The minimum atomic E-state index is -3.79. The number of nitrogens with zero attached hydrogens (tertiary/aromatic N) is 1. The van der Waals surface area contributed by atoms with Crippen LogP contribution in [0.2, 0.25) is 0 Å². The van der Waals surface area contributed by atoms with Gasteiger partial charge in [0.05, 0.1) is 6.61 Å². The van der Waals surface area contributed by atoms with Crippen LogP contribution in [0.25, 0.3) is 0 Å². The molecule has 3 rings (SSSR count). The maximum Gasteiger partial charge on any atom is 0.247 e. The summed E-state index contributed by atoms with van der Waals surface area (Å²) in [5.74, 6) is 7.25. The van der Waals surface area contributed by atoms with E-state index < -0.39 is 16.1 Å². The third kappa shape index (κ3) is 4.95. The number of aliphatic hydroxyl groups is 1. The van der Waals surface area contributed by atoms with Crippen LogP contribution < -0.4 is 10.1 Å². The summed E-state index contributed by atoms with van der Waals surface area (Å²) < 4.78 is 34.3. The Labute approximate surface area is 174 Å². The molecule has 160 valence electrons. The van der Waals surface area contributed by atoms with Crippen LogP contribution in [0.15, 0.2) is 23.1 Å². The zero-order valence-electron chi connectivity index (χ0n) is 17.5. The second-order valence-electron chi connectivity index (χ2n) is 8.21. The average molecular weight is 421 g/mol. The Hall–Kier alpha value is -1.59. The summed E-state index contributed by atoms with van der Waals surface area (Å²) in [6.45, 7) is 4.35. The minimum absolute atomic E-state index is 0.0485. The van der Waals surface area contributed by atoms with Gasteiger partial charge in [0.2, 0.25) is 10.0 Å². The lowest BCUT2D eigenvalue weighted by Gasteiger charge is -2.36. The third-order valence-electron chi connectivity index (χ3n) is 5.85. The molecule has 2 N–H and O–H groups in total. The van der Waals surface area contributed by atoms with Crippen LogP contribution in [0.5, 0.6) is 5.75 Å². The van der Waals surface area contributed by atoms with Gasteiger partial charge >= 0.3 is 0 Å². The molecule has 1 fully saturated rings. The highest BCUT2D eigenvalue weighted by Gasteiger charge is 2.37. The van der Waals surface area contributed by atoms with Crippen LogP contribution in [0.4, 0.5) is 0 Å². The molecule has 1 aliphatic carbocycles. The van der Waals surface area contributed by atoms with Crippen molar-refractivity contribution in [3.05, 3.63) is 23.8 Å². The summed E-state index contributed by atoms with van der Waals surface area (Å²) in [7, 11) is -1.94. The summed E-state index contributed by atoms with van der Waals surface area (Å²) in [6.07, 6.45) is 4.54. The number of hydrogen-bond donors (Lipinski definition) is 2. The monoisotopic (exact) mass is 420 g/mol. The number of nitrogens with one attached hydrogen (secondary N) is 1. The molecule has 7 heteroatoms. The van der Waals surface area contributed by atoms with Gasteiger partial charge in [-0.25, -0.2) is 8.42 Å². The van der Waals surface area contributed by atoms with E-state index in [0.717, 1.165) is 18.4 Å². The molecule has 0 bridgehead atoms. The normalized spacial score (nSPS) is 25.8. The molecular formula is C22H32N2O4S. The Morgan fingerprint density at radius 2 is 2.07 bits per heavy atom. The fourth-order valence-electron chi connectivity index (χ4n) is 4.00. The van der Waals surface area contributed by atoms with E-state index in [4.69, 9.17) is 4.74 Å². The van der Waals surface area contributed by atoms with Crippen LogP contribution in [-0.4, -0.2) is 56.7 Å². The van der Waals surface area contributed by atoms with Crippen molar-refractivity contribution >= 4 is 10.0 Å². The number of benzene rings is 1. The Morgan fingerprint density at radius 3 is 2.72 bits per heavy atom. The molecular weight excluding hydrogens is 388 g/mol. The fourth-order valence-corrected chi connectivity index (χ4v) is 5.83. The summed E-state index contributed by atoms with van der Waals surface area (Å²) in [4.78, 5) is 0.136. The van der Waals surface area contributed by atoms with Gasteiger partial charge in [-0.1, -0.05) is 31.6 Å². The predicted octanol–water partition coefficient (Wildman–Crippen LogP) is 2.22. The van der Waals surface area contributed by atoms with Crippen molar-refractivity contribution in [2.75, 3.05) is 26.7 Å². The number of likely N-dealkylation sites (N-methyl/N-ethyl adjacent to an activating group) is 1. The Kier molecular flexibility index (Phi) is 7.23. The van der Waals surface area contributed by atoms with E-state index in [-0.39, 0.29) is 23.5 Å². The molecule has 1 saturated carbocycles. The van der Waals surface area contributed by atoms with E-state index in [1.165, 1.54) is 17.1 Å². The zero-order chi connectivity index (χ0) is 21.0. The number of aliphatic hydroxyl groups excluding tert-OH is 1. The van der Waals surface area contributed by atoms with Crippen LogP contribution in [0, 0.1) is 23.7 Å². The second-order valence-corrected chi connectivity index (χ2v) is 10.1. The van der Waals surface area contributed by atoms with Crippen molar-refractivity contribution in [1.29, 1.82) is 0 Å². The summed E-state index contributed by atoms with van der Waals surface area (Å²) in [5, 5.41) is 12.8. The lowest BCUT2D eigenvalue weighted by atomic mass is 10.0. The largest absolute Gasteiger partial charge is 0.487 e. The van der Waals surface area contributed by atoms with Crippen LogP contribution >= 0.6 is 0 Å². The van der Waals surface area contributed by atoms with Crippen LogP contribution in [0.1, 0.15) is 45.1 Å². The molecule has 3 atom stereocenters. The number of sulfonamides is 1. The molecule has 6 nitrogen and oxygen atoms in total. The number of ether oxygens (including phenoxy) is 1. The van der Waals surface area contributed by atoms with Crippen molar-refractivity contribution in [3.63, 3.8) is 0 Å². The molecule has 0 radical (unpaired) electrons. The first-order valence-electron chi connectivity index (χ1n) is 10.5. The van der Waals surface area contributed by atoms with Crippen molar-refractivity contribution < 1.29 is 18.3 Å². The number of fused-ring (bicyclic) bond motifs is 1. The number of hydrogen-bond acceptors (Lipinski definition) is 5. The van der Waals surface area contributed by atoms with Gasteiger partial charge in [0.25, 0.3) is 0 Å². The first kappa shape index (κ1) is 22.1. The number of rotatable bonds is 4. The zero-order valence-corrected chi connectivity index (χ0v) is 18.3. The van der Waals surface area contributed by atoms with Crippen molar-refractivity contribution in [3.8, 4) is 17.6 Å². The second kappa shape index (κ2) is 9.48. The molecule has 1 heterocycles. The van der Waals surface area contributed by atoms with Gasteiger partial charge in [-0.05, 0) is 45.0 Å². The van der Waals surface area contributed by atoms with E-state index in [0.29, 0.717) is 24.8 Å². The molecule has 0 unspecified atom stereocenters. The van der Waals surface area contributed by atoms with Crippen LogP contribution in [-0.2, 0) is 10.0 Å². The van der Waals surface area contributed by atoms with Gasteiger partial charge in [0.15, 0.2) is 0 Å². The van der Waals surface area contributed by atoms with Gasteiger partial charge in [-0.3, -0.25) is 0 Å². The first-order valence-corrected chi connectivity index (χ1v) is 11.9. The minimum Gasteiger partial charge on any atom is -0.487 e. The lowest BCUT2D eigenvalue weighted by Crippen LogP contribution is -2.49. The topological polar surface area (TPSA) is 78.9 Å². The first-order chi connectivity index (χ1) is 13.9. The van der Waals surface area contributed by atoms with E-state index in [1.807, 2.05) is 14.0 Å². The van der Waals surface area contributed by atoms with Gasteiger partial charge in [0.1, 0.15) is 16.7 Å². The molecule has 0 saturated heterocycles. The van der Waals surface area contributed by atoms with Gasteiger partial charge < -0.3 is 15.2 Å². The fraction of sp³-hybridized carbons (Fsp3) is 0.636. The van der Waals surface area contributed by atoms with Crippen LogP contribution in [0.3, 0.4) is 0 Å². The van der Waals surface area contributed by atoms with E-state index >= 15 is 0 Å². The van der Waals surface area contributed by atoms with Gasteiger partial charge in [0, 0.05) is 36.5 Å². The summed E-state index contributed by atoms with van der Waals surface area (Å²) in [6, 6.07) is 4.58. The summed E-state index contributed by atoms with van der Waals surface area (Å²) >= 11 is 0. The standard InChI is InChI=1S/C22H32N2O4S/c1-16-14-24(17(2)15-25)29(26,27)22-11-10-19(9-8-18-6-4-5-7-18)12-20(22)28-21(16)13-23-3/h10-12,16-18,21,23,25H,4-7,13-15H2,1-3H3/t16-,17-,21+/m1/s1.